The molecule has 1 aromatic rings. The number of aliphatic hydroxyl groups is 1. The summed E-state index contributed by atoms with van der Waals surface area (Å²) in [6.45, 7) is 1.99. The summed E-state index contributed by atoms with van der Waals surface area (Å²) < 4.78 is 10.0. The smallest absolute Gasteiger partial charge is 0.330 e. The van der Waals surface area contributed by atoms with Gasteiger partial charge in [0.1, 0.15) is 6.10 Å². The van der Waals surface area contributed by atoms with E-state index >= 15 is 0 Å². The molecule has 0 aliphatic rings. The molecule has 0 saturated heterocycles. The molecule has 18 heavy (non-hydrogen) atoms. The van der Waals surface area contributed by atoms with Crippen molar-refractivity contribution in [3.63, 3.8) is 0 Å². The first-order valence-corrected chi connectivity index (χ1v) is 5.73. The number of hydrogen-bond donors (Lipinski definition) is 1. The van der Waals surface area contributed by atoms with Crippen molar-refractivity contribution >= 4 is 5.97 Å². The van der Waals surface area contributed by atoms with Crippen molar-refractivity contribution < 1.29 is 19.4 Å². The molecule has 2 atom stereocenters. The Morgan fingerprint density at radius 2 is 2.06 bits per heavy atom. The third-order valence-electron chi connectivity index (χ3n) is 2.38. The molecule has 98 valence electrons. The molecule has 0 aliphatic heterocycles. The molecule has 0 heterocycles. The first kappa shape index (κ1) is 14.4. The van der Waals surface area contributed by atoms with Crippen molar-refractivity contribution in [2.75, 3.05) is 7.11 Å². The molecule has 1 aromatic carbocycles. The summed E-state index contributed by atoms with van der Waals surface area (Å²) >= 11 is 0. The lowest BCUT2D eigenvalue weighted by Crippen LogP contribution is -2.24. The average molecular weight is 250 g/mol. The standard InChI is InChI=1S/C14H18O4/c1-11(15)13(8-9-14(16)17-2)18-10-12-6-4-3-5-7-12/h3-9,11,13,15H,10H2,1-2H3/b9-8+/t11-,13+/m1/s1. The lowest BCUT2D eigenvalue weighted by molar-refractivity contribution is -0.134. The maximum absolute atomic E-state index is 11.0. The van der Waals surface area contributed by atoms with E-state index in [0.29, 0.717) is 6.61 Å². The summed E-state index contributed by atoms with van der Waals surface area (Å²) in [5.41, 5.74) is 1.01. The summed E-state index contributed by atoms with van der Waals surface area (Å²) in [5, 5.41) is 9.55. The fourth-order valence-electron chi connectivity index (χ4n) is 1.36. The minimum atomic E-state index is -0.699. The number of benzene rings is 1. The van der Waals surface area contributed by atoms with Crippen LogP contribution in [0, 0.1) is 0 Å². The van der Waals surface area contributed by atoms with Crippen LogP contribution >= 0.6 is 0 Å². The minimum Gasteiger partial charge on any atom is -0.466 e. The van der Waals surface area contributed by atoms with Gasteiger partial charge in [0, 0.05) is 6.08 Å². The van der Waals surface area contributed by atoms with Crippen LogP contribution in [0.5, 0.6) is 0 Å². The maximum Gasteiger partial charge on any atom is 0.330 e. The summed E-state index contributed by atoms with van der Waals surface area (Å²) in [7, 11) is 1.30. The van der Waals surface area contributed by atoms with Gasteiger partial charge in [-0.15, -0.1) is 0 Å². The zero-order valence-electron chi connectivity index (χ0n) is 10.6. The fourth-order valence-corrected chi connectivity index (χ4v) is 1.36. The minimum absolute atomic E-state index is 0.377. The molecule has 1 rings (SSSR count). The number of aliphatic hydroxyl groups excluding tert-OH is 1. The highest BCUT2D eigenvalue weighted by Crippen LogP contribution is 2.07. The molecule has 0 fully saturated rings. The molecule has 4 heteroatoms. The van der Waals surface area contributed by atoms with Crippen molar-refractivity contribution in [2.45, 2.75) is 25.7 Å². The predicted molar refractivity (Wildman–Crippen MR) is 67.9 cm³/mol. The van der Waals surface area contributed by atoms with E-state index in [-0.39, 0.29) is 0 Å². The van der Waals surface area contributed by atoms with E-state index in [0.717, 1.165) is 5.56 Å². The van der Waals surface area contributed by atoms with Gasteiger partial charge in [-0.1, -0.05) is 30.3 Å². The number of carbonyl (C=O) groups excluding carboxylic acids is 1. The van der Waals surface area contributed by atoms with Crippen molar-refractivity contribution in [2.24, 2.45) is 0 Å². The van der Waals surface area contributed by atoms with E-state index in [1.54, 1.807) is 6.92 Å². The molecule has 0 aromatic heterocycles. The van der Waals surface area contributed by atoms with Gasteiger partial charge >= 0.3 is 5.97 Å². The van der Waals surface area contributed by atoms with E-state index < -0.39 is 18.2 Å². The zero-order chi connectivity index (χ0) is 13.4. The number of ether oxygens (including phenoxy) is 2. The van der Waals surface area contributed by atoms with E-state index in [4.69, 9.17) is 4.74 Å². The first-order valence-electron chi connectivity index (χ1n) is 5.73. The topological polar surface area (TPSA) is 55.8 Å². The molecule has 0 saturated carbocycles. The Hall–Kier alpha value is -1.65. The quantitative estimate of drug-likeness (QED) is 0.616. The van der Waals surface area contributed by atoms with Crippen LogP contribution in [0.3, 0.4) is 0 Å². The molecular weight excluding hydrogens is 232 g/mol. The molecule has 0 radical (unpaired) electrons. The van der Waals surface area contributed by atoms with Crippen LogP contribution in [0.25, 0.3) is 0 Å². The van der Waals surface area contributed by atoms with Gasteiger partial charge in [0.05, 0.1) is 19.8 Å². The molecule has 1 N–H and O–H groups in total. The average Bonchev–Trinajstić information content (AvgIpc) is 2.39. The van der Waals surface area contributed by atoms with Gasteiger partial charge in [0.15, 0.2) is 0 Å². The van der Waals surface area contributed by atoms with Crippen LogP contribution in [0.15, 0.2) is 42.5 Å². The predicted octanol–water partition coefficient (Wildman–Crippen LogP) is 1.68. The molecule has 0 spiro atoms. The summed E-state index contributed by atoms with van der Waals surface area (Å²) in [4.78, 5) is 11.0. The Bertz CT molecular complexity index is 384. The largest absolute Gasteiger partial charge is 0.466 e. The number of esters is 1. The first-order chi connectivity index (χ1) is 8.63. The Labute approximate surface area is 107 Å². The molecule has 0 aliphatic carbocycles. The zero-order valence-corrected chi connectivity index (χ0v) is 10.6. The second-order valence-electron chi connectivity index (χ2n) is 3.88. The highest BCUT2D eigenvalue weighted by molar-refractivity contribution is 5.81. The van der Waals surface area contributed by atoms with Gasteiger partial charge in [0.2, 0.25) is 0 Å². The van der Waals surface area contributed by atoms with Gasteiger partial charge in [-0.2, -0.15) is 0 Å². The van der Waals surface area contributed by atoms with Crippen molar-refractivity contribution in [1.29, 1.82) is 0 Å². The van der Waals surface area contributed by atoms with Crippen LogP contribution in [0.1, 0.15) is 12.5 Å². The SMILES string of the molecule is COC(=O)/C=C/[C@H](OCc1ccccc1)[C@@H](C)O. The monoisotopic (exact) mass is 250 g/mol. The van der Waals surface area contributed by atoms with Gasteiger partial charge in [-0.3, -0.25) is 0 Å². The Morgan fingerprint density at radius 1 is 1.39 bits per heavy atom. The highest BCUT2D eigenvalue weighted by atomic mass is 16.5. The second-order valence-corrected chi connectivity index (χ2v) is 3.88. The Balaban J connectivity index is 2.53. The van der Waals surface area contributed by atoms with Crippen LogP contribution < -0.4 is 0 Å². The summed E-state index contributed by atoms with van der Waals surface area (Å²) in [6.07, 6.45) is 1.51. The fraction of sp³-hybridized carbons (Fsp3) is 0.357. The normalized spacial score (nSPS) is 14.4. The number of carbonyl (C=O) groups is 1. The molecule has 0 unspecified atom stereocenters. The third-order valence-corrected chi connectivity index (χ3v) is 2.38. The maximum atomic E-state index is 11.0. The molecule has 0 bridgehead atoms. The third kappa shape index (κ3) is 5.12. The number of methoxy groups -OCH3 is 1. The summed E-state index contributed by atoms with van der Waals surface area (Å²) in [6, 6.07) is 9.62. The van der Waals surface area contributed by atoms with Crippen LogP contribution in [-0.4, -0.2) is 30.4 Å². The van der Waals surface area contributed by atoms with Crippen LogP contribution in [0.2, 0.25) is 0 Å². The van der Waals surface area contributed by atoms with E-state index in [1.165, 1.54) is 19.3 Å². The van der Waals surface area contributed by atoms with Crippen molar-refractivity contribution in [1.82, 2.24) is 0 Å². The van der Waals surface area contributed by atoms with E-state index in [1.807, 2.05) is 30.3 Å². The van der Waals surface area contributed by atoms with Gasteiger partial charge in [0.25, 0.3) is 0 Å². The van der Waals surface area contributed by atoms with Crippen molar-refractivity contribution in [3.8, 4) is 0 Å². The van der Waals surface area contributed by atoms with Gasteiger partial charge in [-0.25, -0.2) is 4.79 Å². The second kappa shape index (κ2) is 7.63. The highest BCUT2D eigenvalue weighted by Gasteiger charge is 2.12. The lowest BCUT2D eigenvalue weighted by Gasteiger charge is -2.17. The summed E-state index contributed by atoms with van der Waals surface area (Å²) in [5.74, 6) is -0.469. The van der Waals surface area contributed by atoms with Gasteiger partial charge in [-0.05, 0) is 18.6 Å². The number of hydrogen-bond acceptors (Lipinski definition) is 4. The molecule has 4 nitrogen and oxygen atoms in total. The Kier molecular flexibility index (Phi) is 6.11. The van der Waals surface area contributed by atoms with Crippen molar-refractivity contribution in [3.05, 3.63) is 48.0 Å². The molecule has 0 amide bonds. The Morgan fingerprint density at radius 3 is 2.61 bits per heavy atom. The van der Waals surface area contributed by atoms with Crippen LogP contribution in [-0.2, 0) is 20.9 Å². The lowest BCUT2D eigenvalue weighted by atomic mass is 10.2. The van der Waals surface area contributed by atoms with E-state index in [9.17, 15) is 9.90 Å². The van der Waals surface area contributed by atoms with E-state index in [2.05, 4.69) is 4.74 Å². The van der Waals surface area contributed by atoms with Gasteiger partial charge < -0.3 is 14.6 Å². The van der Waals surface area contributed by atoms with Crippen LogP contribution in [0.4, 0.5) is 0 Å². The number of rotatable bonds is 6. The molecular formula is C14H18O4.